The zero-order valence-electron chi connectivity index (χ0n) is 18.3. The van der Waals surface area contributed by atoms with Crippen LogP contribution in [0.25, 0.3) is 0 Å². The molecule has 1 N–H and O–H groups in total. The van der Waals surface area contributed by atoms with Gasteiger partial charge in [-0.3, -0.25) is 4.99 Å². The van der Waals surface area contributed by atoms with Crippen molar-refractivity contribution in [3.63, 3.8) is 0 Å². The Morgan fingerprint density at radius 1 is 1.03 bits per heavy atom. The second-order valence-electron chi connectivity index (χ2n) is 7.37. The molecule has 3 rings (SSSR count). The first-order valence-corrected chi connectivity index (χ1v) is 10.6. The van der Waals surface area contributed by atoms with Gasteiger partial charge in [-0.2, -0.15) is 0 Å². The smallest absolute Gasteiger partial charge is 0.193 e. The number of rotatable bonds is 9. The van der Waals surface area contributed by atoms with Gasteiger partial charge in [0.2, 0.25) is 0 Å². The summed E-state index contributed by atoms with van der Waals surface area (Å²) < 4.78 is 16.7. The molecule has 0 amide bonds. The second-order valence-corrected chi connectivity index (χ2v) is 7.37. The number of hydrogen-bond donors (Lipinski definition) is 1. The minimum Gasteiger partial charge on any atom is -0.493 e. The molecule has 0 aromatic heterocycles. The molecular weight excluding hydrogens is 378 g/mol. The Morgan fingerprint density at radius 3 is 2.47 bits per heavy atom. The number of nitrogens with zero attached hydrogens (tertiary/aromatic N) is 2. The van der Waals surface area contributed by atoms with Gasteiger partial charge in [-0.25, -0.2) is 0 Å². The third-order valence-electron chi connectivity index (χ3n) is 5.34. The molecule has 6 heteroatoms. The number of hydrogen-bond acceptors (Lipinski definition) is 4. The lowest BCUT2D eigenvalue weighted by molar-refractivity contribution is 0.117. The van der Waals surface area contributed by atoms with Crippen molar-refractivity contribution in [2.24, 2.45) is 4.99 Å². The summed E-state index contributed by atoms with van der Waals surface area (Å²) in [6, 6.07) is 14.5. The van der Waals surface area contributed by atoms with Gasteiger partial charge >= 0.3 is 0 Å². The summed E-state index contributed by atoms with van der Waals surface area (Å²) >= 11 is 0. The number of methoxy groups -OCH3 is 2. The minimum atomic E-state index is 0.678. The normalized spacial score (nSPS) is 13.7. The van der Waals surface area contributed by atoms with E-state index in [1.165, 1.54) is 16.7 Å². The average molecular weight is 412 g/mol. The molecule has 0 atom stereocenters. The molecule has 0 spiro atoms. The quantitative estimate of drug-likeness (QED) is 0.388. The highest BCUT2D eigenvalue weighted by Crippen LogP contribution is 2.33. The third-order valence-corrected chi connectivity index (χ3v) is 5.34. The highest BCUT2D eigenvalue weighted by Gasteiger charge is 2.21. The molecule has 0 aliphatic carbocycles. The van der Waals surface area contributed by atoms with Crippen LogP contribution in [-0.2, 0) is 24.3 Å². The van der Waals surface area contributed by atoms with Crippen LogP contribution in [0.2, 0.25) is 0 Å². The van der Waals surface area contributed by atoms with Gasteiger partial charge in [0.05, 0.1) is 20.8 Å². The zero-order valence-corrected chi connectivity index (χ0v) is 18.3. The maximum atomic E-state index is 5.76. The lowest BCUT2D eigenvalue weighted by Crippen LogP contribution is -2.44. The summed E-state index contributed by atoms with van der Waals surface area (Å²) in [6.07, 6.45) is 3.03. The molecule has 2 aromatic rings. The fourth-order valence-corrected chi connectivity index (χ4v) is 3.69. The Kier molecular flexibility index (Phi) is 8.39. The van der Waals surface area contributed by atoms with E-state index in [1.807, 2.05) is 25.2 Å². The Hall–Kier alpha value is -2.73. The van der Waals surface area contributed by atoms with Gasteiger partial charge in [0.25, 0.3) is 0 Å². The number of fused-ring (bicyclic) bond motifs is 1. The molecule has 0 saturated carbocycles. The Balaban J connectivity index is 1.41. The van der Waals surface area contributed by atoms with Crippen LogP contribution in [0.1, 0.15) is 29.5 Å². The van der Waals surface area contributed by atoms with Crippen LogP contribution in [0.15, 0.2) is 47.5 Å². The van der Waals surface area contributed by atoms with Crippen molar-refractivity contribution in [1.82, 2.24) is 10.2 Å². The SMILES string of the molecule is CN=C(NCCCCOCc1ccccc1)N1CCc2cc(OC)c(OC)cc2C1. The van der Waals surface area contributed by atoms with Crippen LogP contribution in [0.5, 0.6) is 11.5 Å². The number of aliphatic imine (C=N–C) groups is 1. The molecular formula is C24H33N3O3. The van der Waals surface area contributed by atoms with Gasteiger partial charge in [-0.15, -0.1) is 0 Å². The first-order chi connectivity index (χ1) is 14.7. The van der Waals surface area contributed by atoms with Gasteiger partial charge < -0.3 is 24.4 Å². The molecule has 0 fully saturated rings. The predicted octanol–water partition coefficient (Wildman–Crippen LogP) is 3.63. The van der Waals surface area contributed by atoms with Crippen LogP contribution < -0.4 is 14.8 Å². The van der Waals surface area contributed by atoms with Gasteiger partial charge in [0.15, 0.2) is 17.5 Å². The summed E-state index contributed by atoms with van der Waals surface area (Å²) in [7, 11) is 5.20. The molecule has 162 valence electrons. The monoisotopic (exact) mass is 411 g/mol. The van der Waals surface area contributed by atoms with Gasteiger partial charge in [-0.05, 0) is 48.1 Å². The largest absolute Gasteiger partial charge is 0.493 e. The number of guanidine groups is 1. The van der Waals surface area contributed by atoms with Gasteiger partial charge in [-0.1, -0.05) is 30.3 Å². The molecule has 0 radical (unpaired) electrons. The van der Waals surface area contributed by atoms with E-state index in [1.54, 1.807) is 14.2 Å². The molecule has 0 unspecified atom stereocenters. The van der Waals surface area contributed by atoms with Crippen LogP contribution in [0.3, 0.4) is 0 Å². The van der Waals surface area contributed by atoms with Crippen molar-refractivity contribution in [3.05, 3.63) is 59.2 Å². The van der Waals surface area contributed by atoms with Crippen LogP contribution in [-0.4, -0.2) is 51.8 Å². The van der Waals surface area contributed by atoms with E-state index in [0.717, 1.165) is 63.0 Å². The van der Waals surface area contributed by atoms with E-state index in [9.17, 15) is 0 Å². The maximum Gasteiger partial charge on any atom is 0.193 e. The van der Waals surface area contributed by atoms with Gasteiger partial charge in [0, 0.05) is 33.3 Å². The van der Waals surface area contributed by atoms with E-state index in [-0.39, 0.29) is 0 Å². The van der Waals surface area contributed by atoms with E-state index in [2.05, 4.69) is 39.5 Å². The molecule has 0 bridgehead atoms. The zero-order chi connectivity index (χ0) is 21.2. The summed E-state index contributed by atoms with van der Waals surface area (Å²) in [5, 5.41) is 3.49. The van der Waals surface area contributed by atoms with Crippen molar-refractivity contribution in [3.8, 4) is 11.5 Å². The Bertz CT molecular complexity index is 824. The standard InChI is InChI=1S/C24H33N3O3/c1-25-24(26-12-7-8-14-30-18-19-9-5-4-6-10-19)27-13-11-20-15-22(28-2)23(29-3)16-21(20)17-27/h4-6,9-10,15-16H,7-8,11-14,17-18H2,1-3H3,(H,25,26). The fourth-order valence-electron chi connectivity index (χ4n) is 3.69. The summed E-state index contributed by atoms with van der Waals surface area (Å²) in [6.45, 7) is 4.08. The van der Waals surface area contributed by atoms with Crippen molar-refractivity contribution in [1.29, 1.82) is 0 Å². The average Bonchev–Trinajstić information content (AvgIpc) is 2.80. The first kappa shape index (κ1) is 22.0. The molecule has 1 heterocycles. The van der Waals surface area contributed by atoms with Crippen molar-refractivity contribution < 1.29 is 14.2 Å². The molecule has 0 saturated heterocycles. The highest BCUT2D eigenvalue weighted by molar-refractivity contribution is 5.80. The predicted molar refractivity (Wildman–Crippen MR) is 120 cm³/mol. The maximum absolute atomic E-state index is 5.76. The van der Waals surface area contributed by atoms with Crippen LogP contribution in [0, 0.1) is 0 Å². The van der Waals surface area contributed by atoms with Crippen LogP contribution >= 0.6 is 0 Å². The van der Waals surface area contributed by atoms with Crippen molar-refractivity contribution in [2.75, 3.05) is 41.0 Å². The van der Waals surface area contributed by atoms with E-state index < -0.39 is 0 Å². The molecule has 1 aliphatic heterocycles. The molecule has 6 nitrogen and oxygen atoms in total. The fraction of sp³-hybridized carbons (Fsp3) is 0.458. The minimum absolute atomic E-state index is 0.678. The highest BCUT2D eigenvalue weighted by atomic mass is 16.5. The molecule has 1 aliphatic rings. The summed E-state index contributed by atoms with van der Waals surface area (Å²) in [5.41, 5.74) is 3.79. The van der Waals surface area contributed by atoms with E-state index in [0.29, 0.717) is 6.61 Å². The van der Waals surface area contributed by atoms with Crippen LogP contribution in [0.4, 0.5) is 0 Å². The number of benzene rings is 2. The number of nitrogens with one attached hydrogen (secondary N) is 1. The van der Waals surface area contributed by atoms with E-state index >= 15 is 0 Å². The second kappa shape index (κ2) is 11.5. The van der Waals surface area contributed by atoms with E-state index in [4.69, 9.17) is 14.2 Å². The van der Waals surface area contributed by atoms with Crippen molar-refractivity contribution in [2.45, 2.75) is 32.4 Å². The molecule has 30 heavy (non-hydrogen) atoms. The summed E-state index contributed by atoms with van der Waals surface area (Å²) in [4.78, 5) is 6.77. The third kappa shape index (κ3) is 5.89. The number of ether oxygens (including phenoxy) is 3. The van der Waals surface area contributed by atoms with Gasteiger partial charge in [0.1, 0.15) is 0 Å². The Morgan fingerprint density at radius 2 is 1.77 bits per heavy atom. The first-order valence-electron chi connectivity index (χ1n) is 10.6. The lowest BCUT2D eigenvalue weighted by atomic mass is 9.99. The lowest BCUT2D eigenvalue weighted by Gasteiger charge is -2.32. The number of unbranched alkanes of at least 4 members (excludes halogenated alkanes) is 1. The summed E-state index contributed by atoms with van der Waals surface area (Å²) in [5.74, 6) is 2.51. The topological polar surface area (TPSA) is 55.3 Å². The van der Waals surface area contributed by atoms with Crippen molar-refractivity contribution >= 4 is 5.96 Å². The Labute approximate surface area is 179 Å². The molecule has 2 aromatic carbocycles.